The second-order valence-corrected chi connectivity index (χ2v) is 16.3. The Kier molecular flexibility index (Phi) is 9.62. The van der Waals surface area contributed by atoms with Crippen LogP contribution in [0.5, 0.6) is 0 Å². The van der Waals surface area contributed by atoms with Gasteiger partial charge in [-0.1, -0.05) is 32.7 Å². The highest BCUT2D eigenvalue weighted by molar-refractivity contribution is 7.98. The monoisotopic (exact) mass is 562 g/mol. The minimum atomic E-state index is 0.221. The molecule has 8 heteroatoms. The quantitative estimate of drug-likeness (QED) is 0.351. The van der Waals surface area contributed by atoms with Crippen molar-refractivity contribution in [2.75, 3.05) is 26.2 Å². The van der Waals surface area contributed by atoms with Gasteiger partial charge in [-0.2, -0.15) is 0 Å². The Hall–Kier alpha value is -0.380. The predicted octanol–water partition coefficient (Wildman–Crippen LogP) is 4.50. The number of carbonyl (C=O) groups excluding carboxylic acids is 1. The number of rotatable bonds is 1. The van der Waals surface area contributed by atoms with E-state index in [4.69, 9.17) is 0 Å². The second-order valence-electron chi connectivity index (χ2n) is 15.2. The van der Waals surface area contributed by atoms with Gasteiger partial charge in [-0.3, -0.25) is 30.4 Å². The Balaban J connectivity index is 1.34. The summed E-state index contributed by atoms with van der Waals surface area (Å²) < 4.78 is 3.86. The third-order valence-corrected chi connectivity index (χ3v) is 11.8. The van der Waals surface area contributed by atoms with E-state index in [0.29, 0.717) is 41.6 Å². The van der Waals surface area contributed by atoms with E-state index in [1.165, 1.54) is 57.9 Å². The fraction of sp³-hybridized carbons (Fsp3) is 0.968. The van der Waals surface area contributed by atoms with Gasteiger partial charge < -0.3 is 4.90 Å². The number of hydrogen-bond acceptors (Lipinski definition) is 7. The molecule has 8 atom stereocenters. The summed E-state index contributed by atoms with van der Waals surface area (Å²) in [4.78, 5) is 16.9. The van der Waals surface area contributed by atoms with E-state index in [9.17, 15) is 4.79 Å². The zero-order valence-electron chi connectivity index (χ0n) is 25.7. The maximum absolute atomic E-state index is 12.0. The lowest BCUT2D eigenvalue weighted by Crippen LogP contribution is -2.63. The van der Waals surface area contributed by atoms with Gasteiger partial charge in [0.15, 0.2) is 0 Å². The topological polar surface area (TPSA) is 71.7 Å². The molecule has 0 saturated carbocycles. The van der Waals surface area contributed by atoms with Crippen LogP contribution in [-0.4, -0.2) is 77.2 Å². The molecule has 5 aliphatic rings. The number of fused-ring (bicyclic) bond motifs is 6. The lowest BCUT2D eigenvalue weighted by Gasteiger charge is -2.50. The standard InChI is InChI=1S/C31H58N6OS/c1-21(38)36-16-14-23(15-17-36)25-12-10-22-18-31(5,6)37(20-22)29-24(11-13-26(34-29)30(2,3)4)19-32-39-28-9-7-8-27(33-25)35-28/h22-29,32-35H,7-20H2,1-6H3/t22-,24?,25?,26?,27?,28?,29?/m0/s1. The normalized spacial score (nSPS) is 40.8. The molecule has 0 aliphatic carbocycles. The number of likely N-dealkylation sites (tertiary alicyclic amines) is 1. The van der Waals surface area contributed by atoms with Crippen molar-refractivity contribution in [3.8, 4) is 0 Å². The Bertz CT molecular complexity index is 824. The number of piperidine rings is 3. The van der Waals surface area contributed by atoms with Gasteiger partial charge in [-0.25, -0.2) is 0 Å². The summed E-state index contributed by atoms with van der Waals surface area (Å²) in [5, 5.41) is 12.8. The van der Waals surface area contributed by atoms with Crippen LogP contribution in [0, 0.1) is 23.2 Å². The summed E-state index contributed by atoms with van der Waals surface area (Å²) in [6, 6.07) is 1.10. The van der Waals surface area contributed by atoms with E-state index in [1.807, 2.05) is 11.9 Å². The molecular formula is C31H58N6OS. The fourth-order valence-electron chi connectivity index (χ4n) is 8.43. The van der Waals surface area contributed by atoms with Crippen molar-refractivity contribution >= 4 is 17.9 Å². The molecule has 0 spiro atoms. The second kappa shape index (κ2) is 12.5. The van der Waals surface area contributed by atoms with Crippen LogP contribution >= 0.6 is 11.9 Å². The first-order valence-electron chi connectivity index (χ1n) is 16.2. The van der Waals surface area contributed by atoms with E-state index >= 15 is 0 Å². The first-order chi connectivity index (χ1) is 18.5. The lowest BCUT2D eigenvalue weighted by molar-refractivity contribution is -0.130. The van der Waals surface area contributed by atoms with Gasteiger partial charge >= 0.3 is 0 Å². The van der Waals surface area contributed by atoms with Gasteiger partial charge in [0.25, 0.3) is 0 Å². The molecule has 4 bridgehead atoms. The first-order valence-corrected chi connectivity index (χ1v) is 17.1. The van der Waals surface area contributed by atoms with Gasteiger partial charge in [-0.05, 0) is 95.3 Å². The third-order valence-electron chi connectivity index (χ3n) is 10.8. The van der Waals surface area contributed by atoms with Gasteiger partial charge in [0.1, 0.15) is 0 Å². The molecule has 0 radical (unpaired) electrons. The van der Waals surface area contributed by atoms with Crippen LogP contribution in [0.25, 0.3) is 0 Å². The number of carbonyl (C=O) groups is 1. The van der Waals surface area contributed by atoms with Crippen molar-refractivity contribution in [1.82, 2.24) is 30.5 Å². The summed E-state index contributed by atoms with van der Waals surface area (Å²) in [6.45, 7) is 18.1. The van der Waals surface area contributed by atoms with E-state index in [2.05, 4.69) is 65.1 Å². The Morgan fingerprint density at radius 2 is 1.67 bits per heavy atom. The van der Waals surface area contributed by atoms with Crippen molar-refractivity contribution < 1.29 is 4.79 Å². The maximum Gasteiger partial charge on any atom is 0.219 e. The average molecular weight is 563 g/mol. The molecule has 5 fully saturated rings. The van der Waals surface area contributed by atoms with Gasteiger partial charge in [-0.15, -0.1) is 0 Å². The molecule has 4 N–H and O–H groups in total. The largest absolute Gasteiger partial charge is 0.343 e. The molecular weight excluding hydrogens is 504 g/mol. The highest BCUT2D eigenvalue weighted by Gasteiger charge is 2.47. The lowest BCUT2D eigenvalue weighted by atomic mass is 9.78. The summed E-state index contributed by atoms with van der Waals surface area (Å²) in [7, 11) is 0. The summed E-state index contributed by atoms with van der Waals surface area (Å²) >= 11 is 1.94. The summed E-state index contributed by atoms with van der Waals surface area (Å²) in [5.41, 5.74) is 0.504. The van der Waals surface area contributed by atoms with Crippen molar-refractivity contribution in [3.63, 3.8) is 0 Å². The van der Waals surface area contributed by atoms with Crippen molar-refractivity contribution in [3.05, 3.63) is 0 Å². The molecule has 5 saturated heterocycles. The molecule has 5 heterocycles. The molecule has 7 unspecified atom stereocenters. The van der Waals surface area contributed by atoms with Gasteiger partial charge in [0.2, 0.25) is 5.91 Å². The van der Waals surface area contributed by atoms with Crippen LogP contribution < -0.4 is 20.7 Å². The van der Waals surface area contributed by atoms with Crippen LogP contribution in [0.3, 0.4) is 0 Å². The number of hydrogen-bond donors (Lipinski definition) is 4. The third kappa shape index (κ3) is 7.34. The molecule has 0 aromatic rings. The molecule has 7 nitrogen and oxygen atoms in total. The molecule has 224 valence electrons. The number of nitrogens with one attached hydrogen (secondary N) is 4. The Morgan fingerprint density at radius 3 is 2.38 bits per heavy atom. The highest BCUT2D eigenvalue weighted by Crippen LogP contribution is 2.41. The van der Waals surface area contributed by atoms with E-state index in [-0.39, 0.29) is 16.9 Å². The Labute approximate surface area is 243 Å². The number of nitrogens with zero attached hydrogens (tertiary/aromatic N) is 2. The maximum atomic E-state index is 12.0. The highest BCUT2D eigenvalue weighted by atomic mass is 32.2. The average Bonchev–Trinajstić information content (AvgIpc) is 3.19. The minimum Gasteiger partial charge on any atom is -0.343 e. The SMILES string of the molecule is CC(=O)N1CCC(C2CC[C@@H]3CN(C4NC(C(C)(C)C)CCC4CNSC4CCCC(N4)N2)C(C)(C)C3)CC1. The molecule has 0 aromatic heterocycles. The molecule has 5 rings (SSSR count). The van der Waals surface area contributed by atoms with Gasteiger partial charge in [0.05, 0.1) is 17.7 Å². The van der Waals surface area contributed by atoms with E-state index in [1.54, 1.807) is 6.92 Å². The van der Waals surface area contributed by atoms with Crippen LogP contribution in [0.15, 0.2) is 0 Å². The predicted molar refractivity (Wildman–Crippen MR) is 163 cm³/mol. The summed E-state index contributed by atoms with van der Waals surface area (Å²) in [6.07, 6.45) is 13.2. The molecule has 0 aromatic carbocycles. The van der Waals surface area contributed by atoms with Crippen molar-refractivity contribution in [2.45, 2.75) is 141 Å². The zero-order chi connectivity index (χ0) is 27.8. The zero-order valence-corrected chi connectivity index (χ0v) is 26.5. The van der Waals surface area contributed by atoms with Crippen LogP contribution in [0.4, 0.5) is 0 Å². The van der Waals surface area contributed by atoms with E-state index in [0.717, 1.165) is 38.4 Å². The van der Waals surface area contributed by atoms with Crippen molar-refractivity contribution in [1.29, 1.82) is 0 Å². The van der Waals surface area contributed by atoms with Crippen molar-refractivity contribution in [2.24, 2.45) is 23.2 Å². The van der Waals surface area contributed by atoms with E-state index < -0.39 is 0 Å². The van der Waals surface area contributed by atoms with Gasteiger partial charge in [0, 0.05) is 56.6 Å². The fourth-order valence-corrected chi connectivity index (χ4v) is 9.45. The van der Waals surface area contributed by atoms with Crippen LogP contribution in [0.2, 0.25) is 0 Å². The smallest absolute Gasteiger partial charge is 0.219 e. The molecule has 1 amide bonds. The molecule has 39 heavy (non-hydrogen) atoms. The van der Waals surface area contributed by atoms with Crippen LogP contribution in [0.1, 0.15) is 106 Å². The summed E-state index contributed by atoms with van der Waals surface area (Å²) in [5.74, 6) is 2.28. The Morgan fingerprint density at radius 1 is 0.897 bits per heavy atom. The van der Waals surface area contributed by atoms with Crippen LogP contribution in [-0.2, 0) is 4.79 Å². The first kappa shape index (κ1) is 30.1. The minimum absolute atomic E-state index is 0.221. The molecule has 5 aliphatic heterocycles. The number of amides is 1.